The Bertz CT molecular complexity index is 842. The minimum absolute atomic E-state index is 0.199. The molecule has 0 aromatic rings. The molecule has 0 fully saturated rings. The van der Waals surface area contributed by atoms with Crippen LogP contribution in [0, 0.1) is 0 Å². The van der Waals surface area contributed by atoms with Crippen molar-refractivity contribution in [2.75, 3.05) is 26.4 Å². The number of carbonyl (C=O) groups excluding carboxylic acids is 2. The molecular weight excluding hydrogens is 683 g/mol. The number of esters is 2. The van der Waals surface area contributed by atoms with Gasteiger partial charge in [0, 0.05) is 12.8 Å². The molecule has 0 saturated carbocycles. The SMILES string of the molecule is CCCCCCCCCCCCCCCCCCC(=O)OC(CO)COP(=O)(O)OCC(CO)OC(=O)CCCCCCCCCCCCCCC. The highest BCUT2D eigenvalue weighted by molar-refractivity contribution is 7.47. The average Bonchev–Trinajstić information content (AvgIpc) is 3.13. The predicted octanol–water partition coefficient (Wildman–Crippen LogP) is 11.1. The van der Waals surface area contributed by atoms with E-state index >= 15 is 0 Å². The van der Waals surface area contributed by atoms with Gasteiger partial charge in [-0.3, -0.25) is 18.6 Å². The summed E-state index contributed by atoms with van der Waals surface area (Å²) in [7, 11) is -4.62. The molecule has 0 spiro atoms. The van der Waals surface area contributed by atoms with Gasteiger partial charge in [-0.2, -0.15) is 0 Å². The lowest BCUT2D eigenvalue weighted by atomic mass is 10.0. The number of unbranched alkanes of at least 4 members (excludes halogenated alkanes) is 27. The molecule has 0 aliphatic rings. The van der Waals surface area contributed by atoms with Gasteiger partial charge in [0.25, 0.3) is 0 Å². The fourth-order valence-corrected chi connectivity index (χ4v) is 7.02. The van der Waals surface area contributed by atoms with Crippen LogP contribution in [0.2, 0.25) is 0 Å². The summed E-state index contributed by atoms with van der Waals surface area (Å²) >= 11 is 0. The highest BCUT2D eigenvalue weighted by Crippen LogP contribution is 2.43. The third kappa shape index (κ3) is 36.0. The number of hydrogen-bond donors (Lipinski definition) is 3. The lowest BCUT2D eigenvalue weighted by molar-refractivity contribution is -0.153. The van der Waals surface area contributed by atoms with E-state index in [-0.39, 0.29) is 12.8 Å². The maximum atomic E-state index is 12.3. The van der Waals surface area contributed by atoms with Gasteiger partial charge < -0.3 is 24.6 Å². The van der Waals surface area contributed by atoms with Crippen molar-refractivity contribution < 1.29 is 47.8 Å². The number of carbonyl (C=O) groups is 2. The Balaban J connectivity index is 3.89. The Kier molecular flexibility index (Phi) is 37.5. The van der Waals surface area contributed by atoms with Crippen molar-refractivity contribution in [1.29, 1.82) is 0 Å². The zero-order chi connectivity index (χ0) is 38.4. The molecule has 0 amide bonds. The van der Waals surface area contributed by atoms with Gasteiger partial charge >= 0.3 is 19.8 Å². The number of aliphatic hydroxyl groups excluding tert-OH is 2. The normalized spacial score (nSPS) is 13.9. The summed E-state index contributed by atoms with van der Waals surface area (Å²) in [5.74, 6) is -1.01. The second kappa shape index (κ2) is 38.3. The van der Waals surface area contributed by atoms with Gasteiger partial charge in [-0.15, -0.1) is 0 Å². The van der Waals surface area contributed by atoms with Crippen LogP contribution in [0.3, 0.4) is 0 Å². The second-order valence-corrected chi connectivity index (χ2v) is 16.1. The number of phosphoric ester groups is 1. The number of aliphatic hydroxyl groups is 2. The topological polar surface area (TPSA) is 149 Å². The van der Waals surface area contributed by atoms with Crippen molar-refractivity contribution in [2.45, 2.75) is 225 Å². The van der Waals surface area contributed by atoms with Crippen LogP contribution in [0.1, 0.15) is 213 Å². The van der Waals surface area contributed by atoms with E-state index in [1.54, 1.807) is 0 Å². The van der Waals surface area contributed by atoms with E-state index in [2.05, 4.69) is 13.8 Å². The molecule has 0 heterocycles. The van der Waals surface area contributed by atoms with Crippen molar-refractivity contribution in [3.05, 3.63) is 0 Å². The fraction of sp³-hybridized carbons (Fsp3) is 0.951. The summed E-state index contributed by atoms with van der Waals surface area (Å²) < 4.78 is 32.5. The number of rotatable bonds is 41. The first-order valence-electron chi connectivity index (χ1n) is 21.5. The molecule has 10 nitrogen and oxygen atoms in total. The van der Waals surface area contributed by atoms with E-state index in [9.17, 15) is 29.3 Å². The lowest BCUT2D eigenvalue weighted by Crippen LogP contribution is -2.28. The quantitative estimate of drug-likeness (QED) is 0.0312. The average molecular weight is 765 g/mol. The summed E-state index contributed by atoms with van der Waals surface area (Å²) in [6.45, 7) is 2.24. The summed E-state index contributed by atoms with van der Waals surface area (Å²) in [6, 6.07) is 0. The first-order valence-corrected chi connectivity index (χ1v) is 23.0. The Morgan fingerprint density at radius 2 is 0.673 bits per heavy atom. The van der Waals surface area contributed by atoms with Gasteiger partial charge in [-0.05, 0) is 12.8 Å². The molecule has 0 aliphatic heterocycles. The maximum Gasteiger partial charge on any atom is 0.472 e. The zero-order valence-electron chi connectivity index (χ0n) is 33.6. The number of ether oxygens (including phenoxy) is 2. The molecular formula is C41H81O10P. The van der Waals surface area contributed by atoms with Crippen molar-refractivity contribution in [3.63, 3.8) is 0 Å². The number of phosphoric acid groups is 1. The highest BCUT2D eigenvalue weighted by atomic mass is 31.2. The van der Waals surface area contributed by atoms with Crippen LogP contribution in [0.4, 0.5) is 0 Å². The fourth-order valence-electron chi connectivity index (χ4n) is 6.23. The highest BCUT2D eigenvalue weighted by Gasteiger charge is 2.27. The van der Waals surface area contributed by atoms with Crippen LogP contribution in [-0.4, -0.2) is 65.7 Å². The molecule has 310 valence electrons. The van der Waals surface area contributed by atoms with E-state index in [0.717, 1.165) is 38.5 Å². The summed E-state index contributed by atoms with van der Waals surface area (Å²) in [6.07, 6.45) is 33.6. The summed E-state index contributed by atoms with van der Waals surface area (Å²) in [5, 5.41) is 19.1. The zero-order valence-corrected chi connectivity index (χ0v) is 34.4. The Morgan fingerprint density at radius 1 is 0.442 bits per heavy atom. The van der Waals surface area contributed by atoms with E-state index in [0.29, 0.717) is 12.8 Å². The molecule has 11 heteroatoms. The van der Waals surface area contributed by atoms with Crippen LogP contribution in [0.15, 0.2) is 0 Å². The Labute approximate surface area is 318 Å². The molecule has 0 rings (SSSR count). The predicted molar refractivity (Wildman–Crippen MR) is 210 cm³/mol. The van der Waals surface area contributed by atoms with Crippen molar-refractivity contribution in [2.24, 2.45) is 0 Å². The van der Waals surface area contributed by atoms with Gasteiger partial charge in [0.1, 0.15) is 12.2 Å². The summed E-state index contributed by atoms with van der Waals surface area (Å²) in [4.78, 5) is 34.5. The Morgan fingerprint density at radius 3 is 0.904 bits per heavy atom. The van der Waals surface area contributed by atoms with Crippen LogP contribution in [-0.2, 0) is 32.7 Å². The molecule has 0 saturated heterocycles. The van der Waals surface area contributed by atoms with E-state index in [1.165, 1.54) is 135 Å². The first-order chi connectivity index (χ1) is 25.3. The van der Waals surface area contributed by atoms with E-state index < -0.39 is 58.4 Å². The molecule has 0 aromatic carbocycles. The third-order valence-corrected chi connectivity index (χ3v) is 10.5. The molecule has 3 unspecified atom stereocenters. The third-order valence-electron chi connectivity index (χ3n) is 9.57. The van der Waals surface area contributed by atoms with Crippen molar-refractivity contribution in [1.82, 2.24) is 0 Å². The van der Waals surface area contributed by atoms with Gasteiger partial charge in [0.2, 0.25) is 0 Å². The first kappa shape index (κ1) is 51.0. The Hall–Kier alpha value is -1.03. The lowest BCUT2D eigenvalue weighted by Gasteiger charge is -2.20. The van der Waals surface area contributed by atoms with Crippen LogP contribution >= 0.6 is 7.82 Å². The standard InChI is InChI=1S/C41H81O10P/c1-3-5-7-9-11-13-15-17-18-19-21-23-25-27-29-31-33-41(45)51-39(35-43)37-49-52(46,47)48-36-38(34-42)50-40(44)32-30-28-26-24-22-20-16-14-12-10-8-6-4-2/h38-39,42-43H,3-37H2,1-2H3,(H,46,47). The molecule has 0 aliphatic carbocycles. The largest absolute Gasteiger partial charge is 0.472 e. The van der Waals surface area contributed by atoms with Crippen LogP contribution in [0.5, 0.6) is 0 Å². The molecule has 3 atom stereocenters. The van der Waals surface area contributed by atoms with Crippen LogP contribution < -0.4 is 0 Å². The number of hydrogen-bond acceptors (Lipinski definition) is 9. The van der Waals surface area contributed by atoms with E-state index in [1.807, 2.05) is 0 Å². The molecule has 52 heavy (non-hydrogen) atoms. The molecule has 0 radical (unpaired) electrons. The van der Waals surface area contributed by atoms with Crippen molar-refractivity contribution >= 4 is 19.8 Å². The van der Waals surface area contributed by atoms with Crippen molar-refractivity contribution in [3.8, 4) is 0 Å². The van der Waals surface area contributed by atoms with E-state index in [4.69, 9.17) is 18.5 Å². The smallest absolute Gasteiger partial charge is 0.457 e. The monoisotopic (exact) mass is 765 g/mol. The van der Waals surface area contributed by atoms with Gasteiger partial charge in [-0.1, -0.05) is 187 Å². The van der Waals surface area contributed by atoms with Crippen LogP contribution in [0.25, 0.3) is 0 Å². The minimum Gasteiger partial charge on any atom is -0.457 e. The minimum atomic E-state index is -4.62. The van der Waals surface area contributed by atoms with Gasteiger partial charge in [0.15, 0.2) is 0 Å². The molecule has 3 N–H and O–H groups in total. The molecule has 0 aromatic heterocycles. The molecule has 0 bridgehead atoms. The second-order valence-electron chi connectivity index (χ2n) is 14.7. The maximum absolute atomic E-state index is 12.3. The van der Waals surface area contributed by atoms with Gasteiger partial charge in [0.05, 0.1) is 26.4 Å². The van der Waals surface area contributed by atoms with Gasteiger partial charge in [-0.25, -0.2) is 4.57 Å². The summed E-state index contributed by atoms with van der Waals surface area (Å²) in [5.41, 5.74) is 0.